The lowest BCUT2D eigenvalue weighted by atomic mass is 10.0. The number of nitriles is 1. The first-order chi connectivity index (χ1) is 8.01. The van der Waals surface area contributed by atoms with Gasteiger partial charge in [0.2, 0.25) is 0 Å². The van der Waals surface area contributed by atoms with E-state index in [2.05, 4.69) is 9.72 Å². The molecule has 0 atom stereocenters. The lowest BCUT2D eigenvalue weighted by Crippen LogP contribution is -2.11. The number of ether oxygens (including phenoxy) is 1. The van der Waals surface area contributed by atoms with Crippen molar-refractivity contribution in [2.24, 2.45) is 0 Å². The molecule has 90 valence electrons. The Morgan fingerprint density at radius 1 is 1.71 bits per heavy atom. The topological polar surface area (TPSA) is 89.0 Å². The Balaban J connectivity index is 3.28. The molecule has 0 saturated heterocycles. The highest BCUT2D eigenvalue weighted by Crippen LogP contribution is 2.27. The number of anilines is 1. The minimum Gasteiger partial charge on any atom is -0.469 e. The van der Waals surface area contributed by atoms with Crippen LogP contribution in [-0.4, -0.2) is 18.1 Å². The molecule has 1 aromatic heterocycles. The monoisotopic (exact) mass is 241 g/mol. The number of hydrogen-bond acceptors (Lipinski definition) is 5. The molecule has 0 unspecified atom stereocenters. The van der Waals surface area contributed by atoms with Gasteiger partial charge in [0.15, 0.2) is 0 Å². The average molecular weight is 241 g/mol. The minimum atomic E-state index is -2.86. The number of esters is 1. The minimum absolute atomic E-state index is 0.0164. The third-order valence-electron chi connectivity index (χ3n) is 2.13. The second-order valence-corrected chi connectivity index (χ2v) is 3.11. The van der Waals surface area contributed by atoms with Gasteiger partial charge in [0, 0.05) is 11.8 Å². The maximum absolute atomic E-state index is 12.5. The molecule has 0 radical (unpaired) electrons. The zero-order valence-corrected chi connectivity index (χ0v) is 8.91. The zero-order valence-electron chi connectivity index (χ0n) is 8.91. The van der Waals surface area contributed by atoms with Crippen LogP contribution in [0.15, 0.2) is 6.20 Å². The van der Waals surface area contributed by atoms with Crippen molar-refractivity contribution >= 4 is 11.7 Å². The number of aromatic nitrogens is 1. The van der Waals surface area contributed by atoms with E-state index in [1.807, 2.05) is 0 Å². The van der Waals surface area contributed by atoms with Crippen molar-refractivity contribution in [3.8, 4) is 6.07 Å². The van der Waals surface area contributed by atoms with Crippen molar-refractivity contribution in [2.75, 3.05) is 12.8 Å². The smallest absolute Gasteiger partial charge is 0.310 e. The van der Waals surface area contributed by atoms with E-state index in [0.29, 0.717) is 0 Å². The van der Waals surface area contributed by atoms with Gasteiger partial charge in [-0.3, -0.25) is 9.78 Å². The van der Waals surface area contributed by atoms with Gasteiger partial charge >= 0.3 is 5.97 Å². The number of carbonyl (C=O) groups is 1. The molecule has 0 aliphatic heterocycles. The van der Waals surface area contributed by atoms with Crippen LogP contribution >= 0.6 is 0 Å². The second kappa shape index (κ2) is 5.21. The molecule has 5 nitrogen and oxygen atoms in total. The van der Waals surface area contributed by atoms with Crippen molar-refractivity contribution < 1.29 is 18.3 Å². The Morgan fingerprint density at radius 2 is 2.35 bits per heavy atom. The van der Waals surface area contributed by atoms with E-state index >= 15 is 0 Å². The zero-order chi connectivity index (χ0) is 13.0. The summed E-state index contributed by atoms with van der Waals surface area (Å²) in [6.45, 7) is 0. The molecule has 1 rings (SSSR count). The van der Waals surface area contributed by atoms with Crippen molar-refractivity contribution in [3.05, 3.63) is 23.0 Å². The molecule has 0 amide bonds. The number of nitrogen functional groups attached to an aromatic ring is 1. The van der Waals surface area contributed by atoms with E-state index in [0.717, 1.165) is 13.3 Å². The van der Waals surface area contributed by atoms with Crippen LogP contribution in [0.1, 0.15) is 23.2 Å². The fourth-order valence-corrected chi connectivity index (χ4v) is 1.26. The first-order valence-electron chi connectivity index (χ1n) is 4.53. The molecule has 7 heteroatoms. The van der Waals surface area contributed by atoms with Crippen LogP contribution in [0, 0.1) is 11.3 Å². The first-order valence-corrected chi connectivity index (χ1v) is 4.53. The Hall–Kier alpha value is -2.23. The van der Waals surface area contributed by atoms with E-state index in [-0.39, 0.29) is 23.2 Å². The number of nitrogens with two attached hydrogens (primary N) is 1. The fraction of sp³-hybridized carbons (Fsp3) is 0.300. The van der Waals surface area contributed by atoms with Gasteiger partial charge in [-0.25, -0.2) is 8.78 Å². The predicted octanol–water partition coefficient (Wildman–Crippen LogP) is 1.19. The Labute approximate surface area is 95.8 Å². The maximum Gasteiger partial charge on any atom is 0.310 e. The number of rotatable bonds is 3. The number of nitrogens with zero attached hydrogens (tertiary/aromatic N) is 2. The predicted molar refractivity (Wildman–Crippen MR) is 54.0 cm³/mol. The molecule has 1 heterocycles. The number of pyridine rings is 1. The summed E-state index contributed by atoms with van der Waals surface area (Å²) in [5.41, 5.74) is 4.48. The largest absolute Gasteiger partial charge is 0.469 e. The Morgan fingerprint density at radius 3 is 2.82 bits per heavy atom. The molecule has 0 aliphatic carbocycles. The summed E-state index contributed by atoms with van der Waals surface area (Å²) in [5, 5.41) is 8.77. The molecular weight excluding hydrogens is 232 g/mol. The third kappa shape index (κ3) is 2.66. The SMILES string of the molecule is COC(=O)Cc1c(C#N)cnc(C(F)F)c1N. The third-order valence-corrected chi connectivity index (χ3v) is 2.13. The second-order valence-electron chi connectivity index (χ2n) is 3.11. The molecule has 0 aliphatic rings. The van der Waals surface area contributed by atoms with Crippen LogP contribution in [0.5, 0.6) is 0 Å². The number of hydrogen-bond donors (Lipinski definition) is 1. The number of carbonyl (C=O) groups excluding carboxylic acids is 1. The highest BCUT2D eigenvalue weighted by Gasteiger charge is 2.20. The van der Waals surface area contributed by atoms with Crippen LogP contribution in [0.25, 0.3) is 0 Å². The molecule has 17 heavy (non-hydrogen) atoms. The summed E-state index contributed by atoms with van der Waals surface area (Å²) < 4.78 is 29.4. The Kier molecular flexibility index (Phi) is 3.93. The molecule has 2 N–H and O–H groups in total. The van der Waals surface area contributed by atoms with Gasteiger partial charge in [-0.05, 0) is 0 Å². The molecule has 0 aromatic carbocycles. The average Bonchev–Trinajstić information content (AvgIpc) is 2.30. The van der Waals surface area contributed by atoms with Gasteiger partial charge in [-0.1, -0.05) is 0 Å². The van der Waals surface area contributed by atoms with Crippen LogP contribution < -0.4 is 5.73 Å². The summed E-state index contributed by atoms with van der Waals surface area (Å²) in [7, 11) is 1.15. The summed E-state index contributed by atoms with van der Waals surface area (Å²) in [6, 6.07) is 1.74. The van der Waals surface area contributed by atoms with Crippen molar-refractivity contribution in [3.63, 3.8) is 0 Å². The lowest BCUT2D eigenvalue weighted by Gasteiger charge is -2.10. The standard InChI is InChI=1S/C10H9F2N3O2/c1-17-7(16)2-6-5(3-13)4-15-9(8(6)14)10(11)12/h4,10H,2,14H2,1H3. The molecule has 0 spiro atoms. The quantitative estimate of drug-likeness (QED) is 0.803. The normalized spacial score (nSPS) is 10.1. The van der Waals surface area contributed by atoms with Crippen molar-refractivity contribution in [1.82, 2.24) is 4.98 Å². The van der Waals surface area contributed by atoms with Gasteiger partial charge in [0.1, 0.15) is 11.8 Å². The van der Waals surface area contributed by atoms with Gasteiger partial charge in [0.05, 0.1) is 24.8 Å². The van der Waals surface area contributed by atoms with E-state index in [9.17, 15) is 13.6 Å². The molecule has 0 saturated carbocycles. The van der Waals surface area contributed by atoms with Crippen molar-refractivity contribution in [1.29, 1.82) is 5.26 Å². The lowest BCUT2D eigenvalue weighted by molar-refractivity contribution is -0.139. The van der Waals surface area contributed by atoms with Crippen LogP contribution in [0.2, 0.25) is 0 Å². The molecular formula is C10H9F2N3O2. The van der Waals surface area contributed by atoms with Gasteiger partial charge in [-0.15, -0.1) is 0 Å². The molecule has 1 aromatic rings. The summed E-state index contributed by atoms with van der Waals surface area (Å²) >= 11 is 0. The number of methoxy groups -OCH3 is 1. The van der Waals surface area contributed by atoms with E-state index < -0.39 is 18.1 Å². The van der Waals surface area contributed by atoms with Crippen LogP contribution in [0.4, 0.5) is 14.5 Å². The summed E-state index contributed by atoms with van der Waals surface area (Å²) in [6.07, 6.45) is -2.23. The summed E-state index contributed by atoms with van der Waals surface area (Å²) in [4.78, 5) is 14.5. The van der Waals surface area contributed by atoms with Crippen molar-refractivity contribution in [2.45, 2.75) is 12.8 Å². The van der Waals surface area contributed by atoms with E-state index in [4.69, 9.17) is 11.0 Å². The number of halogens is 2. The maximum atomic E-state index is 12.5. The highest BCUT2D eigenvalue weighted by atomic mass is 19.3. The molecule has 0 fully saturated rings. The molecule has 0 bridgehead atoms. The van der Waals surface area contributed by atoms with E-state index in [1.54, 1.807) is 6.07 Å². The van der Waals surface area contributed by atoms with E-state index in [1.165, 1.54) is 0 Å². The van der Waals surface area contributed by atoms with Gasteiger partial charge in [0.25, 0.3) is 6.43 Å². The van der Waals surface area contributed by atoms with Gasteiger partial charge in [-0.2, -0.15) is 5.26 Å². The first kappa shape index (κ1) is 12.8. The van der Waals surface area contributed by atoms with Gasteiger partial charge < -0.3 is 10.5 Å². The highest BCUT2D eigenvalue weighted by molar-refractivity contribution is 5.76. The van der Waals surface area contributed by atoms with Crippen LogP contribution in [-0.2, 0) is 16.0 Å². The fourth-order valence-electron chi connectivity index (χ4n) is 1.26. The summed E-state index contributed by atoms with van der Waals surface area (Å²) in [5.74, 6) is -0.667. The van der Waals surface area contributed by atoms with Crippen LogP contribution in [0.3, 0.4) is 0 Å². The number of alkyl halides is 2. The Bertz CT molecular complexity index is 483.